The lowest BCUT2D eigenvalue weighted by molar-refractivity contribution is 0.626. The first-order valence-electron chi connectivity index (χ1n) is 5.45. The monoisotopic (exact) mass is 247 g/mol. The summed E-state index contributed by atoms with van der Waals surface area (Å²) in [6, 6.07) is 14.5. The van der Waals surface area contributed by atoms with Gasteiger partial charge in [-0.1, -0.05) is 30.0 Å². The van der Waals surface area contributed by atoms with Crippen molar-refractivity contribution < 1.29 is 4.39 Å². The van der Waals surface area contributed by atoms with E-state index in [1.165, 1.54) is 12.1 Å². The van der Waals surface area contributed by atoms with Crippen LogP contribution in [0.1, 0.15) is 18.5 Å². The topological polar surface area (TPSA) is 26.0 Å². The summed E-state index contributed by atoms with van der Waals surface area (Å²) in [6.07, 6.45) is 0. The van der Waals surface area contributed by atoms with E-state index in [2.05, 4.69) is 0 Å². The van der Waals surface area contributed by atoms with Gasteiger partial charge in [-0.3, -0.25) is 0 Å². The maximum absolute atomic E-state index is 12.8. The average Bonchev–Trinajstić information content (AvgIpc) is 2.32. The molecule has 1 unspecified atom stereocenters. The highest BCUT2D eigenvalue weighted by Crippen LogP contribution is 2.32. The highest BCUT2D eigenvalue weighted by Gasteiger charge is 2.07. The van der Waals surface area contributed by atoms with Crippen LogP contribution in [0, 0.1) is 5.82 Å². The number of hydrogen-bond acceptors (Lipinski definition) is 2. The van der Waals surface area contributed by atoms with Gasteiger partial charge in [0.15, 0.2) is 0 Å². The Bertz CT molecular complexity index is 494. The smallest absolute Gasteiger partial charge is 0.123 e. The van der Waals surface area contributed by atoms with Crippen LogP contribution in [0.4, 0.5) is 4.39 Å². The van der Waals surface area contributed by atoms with Gasteiger partial charge in [-0.2, -0.15) is 0 Å². The minimum absolute atomic E-state index is 0.000789. The van der Waals surface area contributed by atoms with Gasteiger partial charge in [-0.25, -0.2) is 4.39 Å². The minimum atomic E-state index is -0.213. The molecule has 0 aromatic heterocycles. The molecule has 0 heterocycles. The number of halogens is 1. The summed E-state index contributed by atoms with van der Waals surface area (Å²) in [7, 11) is 0. The molecule has 0 amide bonds. The second kappa shape index (κ2) is 5.34. The SMILES string of the molecule is CC(N)c1ccccc1Sc1ccc(F)cc1. The molecule has 0 saturated heterocycles. The Hall–Kier alpha value is -1.32. The molecule has 0 fully saturated rings. The predicted molar refractivity (Wildman–Crippen MR) is 69.6 cm³/mol. The normalized spacial score (nSPS) is 12.4. The first kappa shape index (κ1) is 12.1. The summed E-state index contributed by atoms with van der Waals surface area (Å²) < 4.78 is 12.8. The van der Waals surface area contributed by atoms with Crippen LogP contribution in [0.5, 0.6) is 0 Å². The van der Waals surface area contributed by atoms with Crippen molar-refractivity contribution in [3.8, 4) is 0 Å². The van der Waals surface area contributed by atoms with Gasteiger partial charge in [0.1, 0.15) is 5.82 Å². The van der Waals surface area contributed by atoms with Crippen LogP contribution < -0.4 is 5.73 Å². The van der Waals surface area contributed by atoms with Crippen molar-refractivity contribution in [1.82, 2.24) is 0 Å². The lowest BCUT2D eigenvalue weighted by Crippen LogP contribution is -2.05. The Morgan fingerprint density at radius 3 is 2.35 bits per heavy atom. The van der Waals surface area contributed by atoms with E-state index in [4.69, 9.17) is 5.73 Å². The number of benzene rings is 2. The van der Waals surface area contributed by atoms with Gasteiger partial charge in [0, 0.05) is 15.8 Å². The summed E-state index contributed by atoms with van der Waals surface area (Å²) in [5, 5.41) is 0. The zero-order chi connectivity index (χ0) is 12.3. The molecule has 0 spiro atoms. The highest BCUT2D eigenvalue weighted by atomic mass is 32.2. The molecule has 2 aromatic carbocycles. The van der Waals surface area contributed by atoms with Crippen LogP contribution >= 0.6 is 11.8 Å². The average molecular weight is 247 g/mol. The first-order chi connectivity index (χ1) is 8.16. The van der Waals surface area contributed by atoms with E-state index in [0.29, 0.717) is 0 Å². The van der Waals surface area contributed by atoms with Gasteiger partial charge >= 0.3 is 0 Å². The van der Waals surface area contributed by atoms with Crippen LogP contribution in [0.25, 0.3) is 0 Å². The molecule has 1 atom stereocenters. The summed E-state index contributed by atoms with van der Waals surface area (Å²) in [5.74, 6) is -0.213. The quantitative estimate of drug-likeness (QED) is 0.887. The molecule has 17 heavy (non-hydrogen) atoms. The van der Waals surface area contributed by atoms with Crippen molar-refractivity contribution in [3.63, 3.8) is 0 Å². The molecule has 2 aromatic rings. The summed E-state index contributed by atoms with van der Waals surface area (Å²) >= 11 is 1.60. The van der Waals surface area contributed by atoms with Gasteiger partial charge in [-0.05, 0) is 42.8 Å². The van der Waals surface area contributed by atoms with Crippen molar-refractivity contribution in [3.05, 3.63) is 59.9 Å². The first-order valence-corrected chi connectivity index (χ1v) is 6.26. The van der Waals surface area contributed by atoms with E-state index >= 15 is 0 Å². The van der Waals surface area contributed by atoms with E-state index in [-0.39, 0.29) is 11.9 Å². The lowest BCUT2D eigenvalue weighted by atomic mass is 10.1. The molecule has 0 bridgehead atoms. The molecular formula is C14H14FNS. The molecule has 0 aliphatic rings. The van der Waals surface area contributed by atoms with Crippen LogP contribution in [-0.2, 0) is 0 Å². The lowest BCUT2D eigenvalue weighted by Gasteiger charge is -2.11. The highest BCUT2D eigenvalue weighted by molar-refractivity contribution is 7.99. The molecular weight excluding hydrogens is 233 g/mol. The Balaban J connectivity index is 2.26. The zero-order valence-electron chi connectivity index (χ0n) is 9.56. The van der Waals surface area contributed by atoms with Crippen LogP contribution in [0.3, 0.4) is 0 Å². The van der Waals surface area contributed by atoms with E-state index in [1.807, 2.05) is 31.2 Å². The van der Waals surface area contributed by atoms with Crippen LogP contribution in [-0.4, -0.2) is 0 Å². The van der Waals surface area contributed by atoms with Gasteiger partial charge in [0.05, 0.1) is 0 Å². The molecule has 0 radical (unpaired) electrons. The van der Waals surface area contributed by atoms with Crippen molar-refractivity contribution in [1.29, 1.82) is 0 Å². The molecule has 3 heteroatoms. The van der Waals surface area contributed by atoms with Crippen LogP contribution in [0.15, 0.2) is 58.3 Å². The number of hydrogen-bond donors (Lipinski definition) is 1. The van der Waals surface area contributed by atoms with Crippen molar-refractivity contribution >= 4 is 11.8 Å². The second-order valence-electron chi connectivity index (χ2n) is 3.88. The minimum Gasteiger partial charge on any atom is -0.324 e. The van der Waals surface area contributed by atoms with Crippen molar-refractivity contribution in [2.24, 2.45) is 5.73 Å². The predicted octanol–water partition coefficient (Wildman–Crippen LogP) is 4.00. The molecule has 0 saturated carbocycles. The van der Waals surface area contributed by atoms with E-state index in [9.17, 15) is 4.39 Å². The van der Waals surface area contributed by atoms with Gasteiger partial charge in [0.2, 0.25) is 0 Å². The number of rotatable bonds is 3. The Kier molecular flexibility index (Phi) is 3.82. The largest absolute Gasteiger partial charge is 0.324 e. The summed E-state index contributed by atoms with van der Waals surface area (Å²) in [5.41, 5.74) is 7.03. The molecule has 0 aliphatic carbocycles. The fourth-order valence-corrected chi connectivity index (χ4v) is 2.62. The Labute approximate surface area is 105 Å². The fourth-order valence-electron chi connectivity index (χ4n) is 1.58. The molecule has 2 N–H and O–H groups in total. The molecule has 0 aliphatic heterocycles. The fraction of sp³-hybridized carbons (Fsp3) is 0.143. The maximum atomic E-state index is 12.8. The summed E-state index contributed by atoms with van der Waals surface area (Å²) in [4.78, 5) is 2.13. The van der Waals surface area contributed by atoms with Crippen molar-refractivity contribution in [2.75, 3.05) is 0 Å². The van der Waals surface area contributed by atoms with Gasteiger partial charge in [0.25, 0.3) is 0 Å². The van der Waals surface area contributed by atoms with Gasteiger partial charge < -0.3 is 5.73 Å². The molecule has 1 nitrogen and oxygen atoms in total. The van der Waals surface area contributed by atoms with Crippen molar-refractivity contribution in [2.45, 2.75) is 22.8 Å². The van der Waals surface area contributed by atoms with E-state index in [1.54, 1.807) is 23.9 Å². The van der Waals surface area contributed by atoms with E-state index < -0.39 is 0 Å². The zero-order valence-corrected chi connectivity index (χ0v) is 10.4. The summed E-state index contributed by atoms with van der Waals surface area (Å²) in [6.45, 7) is 1.96. The second-order valence-corrected chi connectivity index (χ2v) is 5.00. The Morgan fingerprint density at radius 1 is 1.06 bits per heavy atom. The maximum Gasteiger partial charge on any atom is 0.123 e. The molecule has 2 rings (SSSR count). The van der Waals surface area contributed by atoms with Gasteiger partial charge in [-0.15, -0.1) is 0 Å². The molecule has 88 valence electrons. The third-order valence-corrected chi connectivity index (χ3v) is 3.55. The van der Waals surface area contributed by atoms with Crippen LogP contribution in [0.2, 0.25) is 0 Å². The van der Waals surface area contributed by atoms with E-state index in [0.717, 1.165) is 15.4 Å². The Morgan fingerprint density at radius 2 is 1.71 bits per heavy atom. The standard InChI is InChI=1S/C14H14FNS/c1-10(16)13-4-2-3-5-14(13)17-12-8-6-11(15)7-9-12/h2-10H,16H2,1H3. The third-order valence-electron chi connectivity index (χ3n) is 2.45. The third kappa shape index (κ3) is 3.08. The number of nitrogens with two attached hydrogens (primary N) is 1.